The molecule has 36 heavy (non-hydrogen) atoms. The lowest BCUT2D eigenvalue weighted by Crippen LogP contribution is -2.62. The number of hydrogen-bond acceptors (Lipinski definition) is 5. The van der Waals surface area contributed by atoms with E-state index >= 15 is 0 Å². The highest BCUT2D eigenvalue weighted by atomic mass is 16.6. The van der Waals surface area contributed by atoms with Crippen LogP contribution in [0.15, 0.2) is 42.5 Å². The fourth-order valence-electron chi connectivity index (χ4n) is 4.58. The first-order valence-corrected chi connectivity index (χ1v) is 12.3. The quantitative estimate of drug-likeness (QED) is 0.385. The van der Waals surface area contributed by atoms with Crippen LogP contribution < -0.4 is 4.74 Å². The first-order valence-electron chi connectivity index (χ1n) is 12.8. The molecule has 0 aliphatic carbocycles. The summed E-state index contributed by atoms with van der Waals surface area (Å²) in [6.45, 7) is 16.3. The average molecular weight is 492 g/mol. The van der Waals surface area contributed by atoms with E-state index in [0.717, 1.165) is 27.9 Å². The van der Waals surface area contributed by atoms with Gasteiger partial charge in [0.05, 0.1) is 7.45 Å². The fourth-order valence-corrected chi connectivity index (χ4v) is 4.58. The number of carbonyl (C=O) groups is 1. The lowest BCUT2D eigenvalue weighted by Gasteiger charge is -2.47. The summed E-state index contributed by atoms with van der Waals surface area (Å²) in [5.74, 6) is -1.26. The van der Waals surface area contributed by atoms with Gasteiger partial charge in [0.1, 0.15) is 0 Å². The topological polar surface area (TPSA) is 81.5 Å². The molecule has 0 amide bonds. The molecule has 6 heteroatoms. The van der Waals surface area contributed by atoms with Gasteiger partial charge in [-0.3, -0.25) is 0 Å². The second-order valence-corrected chi connectivity index (χ2v) is 9.82. The van der Waals surface area contributed by atoms with E-state index in [9.17, 15) is 9.90 Å². The predicted octanol–water partition coefficient (Wildman–Crippen LogP) is 6.17. The molecule has 192 valence electrons. The van der Waals surface area contributed by atoms with Gasteiger partial charge in [-0.15, -0.1) is 0 Å². The van der Waals surface area contributed by atoms with Crippen LogP contribution in [0.1, 0.15) is 73.8 Å². The van der Waals surface area contributed by atoms with E-state index in [1.165, 1.54) is 6.92 Å². The number of aryl methyl sites for hydroxylation is 5. The second-order valence-electron chi connectivity index (χ2n) is 9.82. The summed E-state index contributed by atoms with van der Waals surface area (Å²) in [5, 5.41) is 10.9. The summed E-state index contributed by atoms with van der Waals surface area (Å²) in [6.07, 6.45) is -0.851. The van der Waals surface area contributed by atoms with E-state index in [2.05, 4.69) is 9.97 Å². The first-order chi connectivity index (χ1) is 17.1. The Labute approximate surface area is 216 Å². The van der Waals surface area contributed by atoms with Crippen LogP contribution in [-0.2, 0) is 21.6 Å². The van der Waals surface area contributed by atoms with Crippen LogP contribution in [-0.4, -0.2) is 32.7 Å². The highest BCUT2D eigenvalue weighted by Crippen LogP contribution is 2.48. The van der Waals surface area contributed by atoms with Gasteiger partial charge < -0.3 is 14.6 Å². The van der Waals surface area contributed by atoms with Crippen molar-refractivity contribution in [2.45, 2.75) is 86.0 Å². The minimum Gasteiger partial charge on any atom is -0.478 e. The van der Waals surface area contributed by atoms with Gasteiger partial charge in [-0.1, -0.05) is 43.3 Å². The van der Waals surface area contributed by atoms with Crippen molar-refractivity contribution in [3.8, 4) is 6.01 Å². The Hall–Kier alpha value is -3.25. The SMILES string of the molecule is [2H]C(C)(C)OC(c1ccc(C)c(C)c1)(c1cccc(C)c1C)[C@](C)(Oc1nc(C)cc(CC)n1)C(=O)O. The van der Waals surface area contributed by atoms with E-state index in [1.54, 1.807) is 13.8 Å². The highest BCUT2D eigenvalue weighted by Gasteiger charge is 2.61. The summed E-state index contributed by atoms with van der Waals surface area (Å²) in [4.78, 5) is 22.3. The van der Waals surface area contributed by atoms with E-state index in [1.807, 2.05) is 84.0 Å². The molecule has 1 unspecified atom stereocenters. The summed E-state index contributed by atoms with van der Waals surface area (Å²) in [5.41, 5.74) is 2.60. The standard InChI is InChI=1S/C30H38N2O4/c1-10-25-17-22(7)31-28(32-25)36-29(9,27(33)34)30(35-18(2)3,24-15-14-19(4)21(6)16-24)26-13-11-12-20(5)23(26)8/h11-18H,10H2,1-9H3,(H,33,34)/t29-,30?/m1/s1/i18D. The Balaban J connectivity index is 2.50. The third-order valence-electron chi connectivity index (χ3n) is 6.88. The molecule has 2 aromatic carbocycles. The monoisotopic (exact) mass is 491 g/mol. The summed E-state index contributed by atoms with van der Waals surface area (Å²) in [6, 6.07) is 13.2. The number of hydrogen-bond donors (Lipinski definition) is 1. The average Bonchev–Trinajstić information content (AvgIpc) is 2.80. The molecule has 0 saturated heterocycles. The molecule has 0 radical (unpaired) electrons. The number of carboxylic acid groups (broad SMARTS) is 1. The molecule has 0 fully saturated rings. The Morgan fingerprint density at radius 1 is 1.03 bits per heavy atom. The second kappa shape index (κ2) is 10.4. The van der Waals surface area contributed by atoms with Crippen LogP contribution in [0, 0.1) is 34.6 Å². The van der Waals surface area contributed by atoms with Crippen molar-refractivity contribution in [3.63, 3.8) is 0 Å². The van der Waals surface area contributed by atoms with Crippen molar-refractivity contribution in [2.24, 2.45) is 0 Å². The number of rotatable bonds is 9. The lowest BCUT2D eigenvalue weighted by molar-refractivity contribution is -0.196. The molecule has 1 aromatic heterocycles. The summed E-state index contributed by atoms with van der Waals surface area (Å²) in [7, 11) is 0. The largest absolute Gasteiger partial charge is 0.478 e. The van der Waals surface area contributed by atoms with Crippen molar-refractivity contribution >= 4 is 5.97 Å². The maximum Gasteiger partial charge on any atom is 0.351 e. The molecular weight excluding hydrogens is 452 g/mol. The molecule has 0 saturated carbocycles. The van der Waals surface area contributed by atoms with Gasteiger partial charge in [0.15, 0.2) is 5.60 Å². The van der Waals surface area contributed by atoms with Crippen LogP contribution in [0.5, 0.6) is 6.01 Å². The Kier molecular flexibility index (Phi) is 7.46. The van der Waals surface area contributed by atoms with Crippen LogP contribution >= 0.6 is 0 Å². The molecule has 0 aliphatic rings. The molecule has 0 spiro atoms. The van der Waals surface area contributed by atoms with Gasteiger partial charge in [-0.05, 0) is 101 Å². The van der Waals surface area contributed by atoms with Crippen molar-refractivity contribution in [1.29, 1.82) is 0 Å². The first kappa shape index (κ1) is 25.8. The Bertz CT molecular complexity index is 1320. The van der Waals surface area contributed by atoms with E-state index in [0.29, 0.717) is 23.2 Å². The number of benzene rings is 2. The lowest BCUT2D eigenvalue weighted by atomic mass is 9.70. The van der Waals surface area contributed by atoms with E-state index < -0.39 is 23.3 Å². The van der Waals surface area contributed by atoms with Crippen molar-refractivity contribution in [2.75, 3.05) is 0 Å². The van der Waals surface area contributed by atoms with Crippen LogP contribution in [0.25, 0.3) is 0 Å². The zero-order chi connectivity index (χ0) is 27.8. The van der Waals surface area contributed by atoms with Gasteiger partial charge >= 0.3 is 12.0 Å². The highest BCUT2D eigenvalue weighted by molar-refractivity contribution is 5.81. The van der Waals surface area contributed by atoms with Crippen molar-refractivity contribution in [1.82, 2.24) is 9.97 Å². The number of ether oxygens (including phenoxy) is 2. The predicted molar refractivity (Wildman–Crippen MR) is 142 cm³/mol. The van der Waals surface area contributed by atoms with Gasteiger partial charge in [0.25, 0.3) is 0 Å². The Morgan fingerprint density at radius 3 is 2.31 bits per heavy atom. The summed E-state index contributed by atoms with van der Waals surface area (Å²) < 4.78 is 21.8. The molecule has 0 bridgehead atoms. The summed E-state index contributed by atoms with van der Waals surface area (Å²) >= 11 is 0. The zero-order valence-corrected chi connectivity index (χ0v) is 22.8. The maximum atomic E-state index is 13.4. The van der Waals surface area contributed by atoms with Gasteiger partial charge in [-0.25, -0.2) is 14.8 Å². The molecule has 6 nitrogen and oxygen atoms in total. The number of aromatic nitrogens is 2. The van der Waals surface area contributed by atoms with Gasteiger partial charge in [-0.2, -0.15) is 0 Å². The van der Waals surface area contributed by atoms with Gasteiger partial charge in [0.2, 0.25) is 5.60 Å². The third kappa shape index (κ3) is 4.87. The number of nitrogens with zero attached hydrogens (tertiary/aromatic N) is 2. The van der Waals surface area contributed by atoms with Crippen LogP contribution in [0.3, 0.4) is 0 Å². The zero-order valence-electron chi connectivity index (χ0n) is 23.8. The van der Waals surface area contributed by atoms with Crippen LogP contribution in [0.2, 0.25) is 0 Å². The Morgan fingerprint density at radius 2 is 1.72 bits per heavy atom. The third-order valence-corrected chi connectivity index (χ3v) is 6.88. The van der Waals surface area contributed by atoms with Gasteiger partial charge in [0, 0.05) is 11.4 Å². The molecule has 2 atom stereocenters. The molecule has 3 rings (SSSR count). The normalized spacial score (nSPS) is 15.5. The smallest absolute Gasteiger partial charge is 0.351 e. The molecule has 3 aromatic rings. The number of carboxylic acids is 1. The maximum absolute atomic E-state index is 13.4. The molecule has 1 heterocycles. The van der Waals surface area contributed by atoms with Crippen LogP contribution in [0.4, 0.5) is 0 Å². The number of aliphatic carboxylic acids is 1. The fraction of sp³-hybridized carbons (Fsp3) is 0.433. The van der Waals surface area contributed by atoms with Crippen molar-refractivity contribution < 1.29 is 20.7 Å². The van der Waals surface area contributed by atoms with Crippen molar-refractivity contribution in [3.05, 3.63) is 87.2 Å². The minimum absolute atomic E-state index is 0.0494. The molecule has 0 aliphatic heterocycles. The molecular formula is C30H38N2O4. The van der Waals surface area contributed by atoms with E-state index in [4.69, 9.17) is 10.8 Å². The minimum atomic E-state index is -2.07. The molecule has 1 N–H and O–H groups in total. The van der Waals surface area contributed by atoms with E-state index in [-0.39, 0.29) is 6.01 Å².